The number of fused-ring (bicyclic) bond motifs is 1. The van der Waals surface area contributed by atoms with E-state index in [-0.39, 0.29) is 23.1 Å². The summed E-state index contributed by atoms with van der Waals surface area (Å²) in [7, 11) is 0. The van der Waals surface area contributed by atoms with Gasteiger partial charge in [0.1, 0.15) is 29.2 Å². The molecule has 1 aromatic rings. The zero-order chi connectivity index (χ0) is 18.3. The molecule has 0 amide bonds. The number of benzene rings is 1. The largest absolute Gasteiger partial charge is 0.488 e. The van der Waals surface area contributed by atoms with Gasteiger partial charge in [-0.05, 0) is 63.8 Å². The number of carbonyl (C=O) groups is 3. The number of carbonyl (C=O) groups excluding carboxylic acids is 3. The van der Waals surface area contributed by atoms with Crippen LogP contribution in [0, 0.1) is 5.92 Å². The number of aldehydes is 1. The Labute approximate surface area is 144 Å². The lowest BCUT2D eigenvalue weighted by atomic mass is 9.93. The smallest absolute Gasteiger partial charge is 0.150 e. The first kappa shape index (κ1) is 20.1. The third-order valence-corrected chi connectivity index (χ3v) is 4.24. The molecule has 1 heterocycles. The molecule has 0 N–H and O–H groups in total. The van der Waals surface area contributed by atoms with Gasteiger partial charge in [0.05, 0.1) is 5.92 Å². The van der Waals surface area contributed by atoms with Crippen molar-refractivity contribution in [2.45, 2.75) is 65.9 Å². The molecule has 0 saturated heterocycles. The number of ketones is 2. The van der Waals surface area contributed by atoms with Crippen LogP contribution in [0.2, 0.25) is 0 Å². The Hall–Kier alpha value is -1.97. The van der Waals surface area contributed by atoms with Crippen LogP contribution in [-0.4, -0.2) is 23.5 Å². The second-order valence-corrected chi connectivity index (χ2v) is 6.74. The first-order valence-corrected chi connectivity index (χ1v) is 8.54. The number of ether oxygens (including phenoxy) is 1. The summed E-state index contributed by atoms with van der Waals surface area (Å²) in [5, 5.41) is 0. The molecule has 1 unspecified atom stereocenters. The molecule has 1 aliphatic heterocycles. The summed E-state index contributed by atoms with van der Waals surface area (Å²) in [5.41, 5.74) is 1.80. The van der Waals surface area contributed by atoms with Crippen LogP contribution in [0.25, 0.3) is 0 Å². The van der Waals surface area contributed by atoms with E-state index in [0.717, 1.165) is 36.0 Å². The summed E-state index contributed by atoms with van der Waals surface area (Å²) in [6.45, 7) is 9.29. The van der Waals surface area contributed by atoms with Crippen molar-refractivity contribution in [2.24, 2.45) is 5.92 Å². The molecule has 0 aromatic heterocycles. The van der Waals surface area contributed by atoms with Crippen molar-refractivity contribution in [1.29, 1.82) is 0 Å². The fourth-order valence-corrected chi connectivity index (χ4v) is 2.74. The monoisotopic (exact) mass is 332 g/mol. The third kappa shape index (κ3) is 5.59. The van der Waals surface area contributed by atoms with E-state index in [0.29, 0.717) is 12.8 Å². The molecule has 2 rings (SSSR count). The van der Waals surface area contributed by atoms with Crippen molar-refractivity contribution < 1.29 is 19.1 Å². The molecule has 24 heavy (non-hydrogen) atoms. The second-order valence-electron chi connectivity index (χ2n) is 6.74. The maximum absolute atomic E-state index is 11.0. The van der Waals surface area contributed by atoms with Gasteiger partial charge >= 0.3 is 0 Å². The molecule has 1 aliphatic rings. The van der Waals surface area contributed by atoms with Crippen LogP contribution in [0.1, 0.15) is 69.8 Å². The van der Waals surface area contributed by atoms with Crippen molar-refractivity contribution in [3.8, 4) is 5.75 Å². The van der Waals surface area contributed by atoms with Crippen molar-refractivity contribution >= 4 is 17.9 Å². The van der Waals surface area contributed by atoms with Crippen LogP contribution in [0.3, 0.4) is 0 Å². The fourth-order valence-electron chi connectivity index (χ4n) is 2.74. The molecule has 0 fully saturated rings. The molecule has 0 radical (unpaired) electrons. The minimum absolute atomic E-state index is 0.00523. The number of Topliss-reactive ketones (excluding diaryl/α,β-unsaturated/α-hetero) is 2. The Morgan fingerprint density at radius 2 is 1.96 bits per heavy atom. The molecule has 1 atom stereocenters. The Kier molecular flexibility index (Phi) is 7.33. The molecule has 4 heteroatoms. The summed E-state index contributed by atoms with van der Waals surface area (Å²) in [5.74, 6) is 0.640. The van der Waals surface area contributed by atoms with Crippen LogP contribution >= 0.6 is 0 Å². The standard InChI is InChI=1S/C12H14O2.C8H14O2/c1-12(2)6-5-10-7-9(8-13)3-4-11(10)14-12;1-4-7(6(3)9)8(10)5-2/h3-4,7-8H,5-6H2,1-2H3;7H,4-5H2,1-3H3. The van der Waals surface area contributed by atoms with Crippen LogP contribution in [0.4, 0.5) is 0 Å². The van der Waals surface area contributed by atoms with E-state index in [1.165, 1.54) is 6.92 Å². The van der Waals surface area contributed by atoms with Crippen LogP contribution in [0.5, 0.6) is 5.75 Å². The zero-order valence-corrected chi connectivity index (χ0v) is 15.3. The maximum Gasteiger partial charge on any atom is 0.150 e. The van der Waals surface area contributed by atoms with Gasteiger partial charge in [-0.25, -0.2) is 0 Å². The fraction of sp³-hybridized carbons (Fsp3) is 0.550. The third-order valence-electron chi connectivity index (χ3n) is 4.24. The van der Waals surface area contributed by atoms with E-state index >= 15 is 0 Å². The minimum atomic E-state index is -0.343. The Balaban J connectivity index is 0.000000257. The SMILES string of the molecule is CC1(C)CCc2cc(C=O)ccc2O1.CCC(=O)C(CC)C(C)=O. The summed E-state index contributed by atoms with van der Waals surface area (Å²) in [6.07, 6.45) is 3.98. The summed E-state index contributed by atoms with van der Waals surface area (Å²) < 4.78 is 5.80. The average Bonchev–Trinajstić information content (AvgIpc) is 2.54. The topological polar surface area (TPSA) is 60.4 Å². The predicted octanol–water partition coefficient (Wildman–Crippen LogP) is 4.18. The van der Waals surface area contributed by atoms with Gasteiger partial charge < -0.3 is 4.74 Å². The van der Waals surface area contributed by atoms with E-state index in [1.54, 1.807) is 13.0 Å². The minimum Gasteiger partial charge on any atom is -0.488 e. The molecule has 0 spiro atoms. The van der Waals surface area contributed by atoms with Crippen molar-refractivity contribution in [3.63, 3.8) is 0 Å². The van der Waals surface area contributed by atoms with Crippen LogP contribution in [-0.2, 0) is 16.0 Å². The zero-order valence-electron chi connectivity index (χ0n) is 15.3. The van der Waals surface area contributed by atoms with Crippen molar-refractivity contribution in [3.05, 3.63) is 29.3 Å². The van der Waals surface area contributed by atoms with Gasteiger partial charge in [0.25, 0.3) is 0 Å². The molecule has 132 valence electrons. The van der Waals surface area contributed by atoms with Gasteiger partial charge in [0.15, 0.2) is 0 Å². The van der Waals surface area contributed by atoms with E-state index in [4.69, 9.17) is 4.74 Å². The van der Waals surface area contributed by atoms with Crippen molar-refractivity contribution in [2.75, 3.05) is 0 Å². The molecular weight excluding hydrogens is 304 g/mol. The first-order chi connectivity index (χ1) is 11.2. The highest BCUT2D eigenvalue weighted by Gasteiger charge is 2.26. The summed E-state index contributed by atoms with van der Waals surface area (Å²) >= 11 is 0. The maximum atomic E-state index is 11.0. The van der Waals surface area contributed by atoms with Gasteiger partial charge in [-0.15, -0.1) is 0 Å². The lowest BCUT2D eigenvalue weighted by Gasteiger charge is -2.32. The Bertz CT molecular complexity index is 602. The number of rotatable bonds is 5. The van der Waals surface area contributed by atoms with Gasteiger partial charge in [-0.2, -0.15) is 0 Å². The number of hydrogen-bond donors (Lipinski definition) is 0. The van der Waals surface area contributed by atoms with E-state index in [2.05, 4.69) is 13.8 Å². The molecule has 0 bridgehead atoms. The summed E-state index contributed by atoms with van der Waals surface area (Å²) in [4.78, 5) is 32.3. The second kappa shape index (κ2) is 8.76. The normalized spacial score (nSPS) is 15.9. The highest BCUT2D eigenvalue weighted by Crippen LogP contribution is 2.33. The average molecular weight is 332 g/mol. The number of hydrogen-bond acceptors (Lipinski definition) is 4. The summed E-state index contributed by atoms with van der Waals surface area (Å²) in [6, 6.07) is 5.60. The molecule has 4 nitrogen and oxygen atoms in total. The van der Waals surface area contributed by atoms with Crippen LogP contribution < -0.4 is 4.74 Å². The van der Waals surface area contributed by atoms with Gasteiger partial charge in [0, 0.05) is 12.0 Å². The molecule has 0 saturated carbocycles. The van der Waals surface area contributed by atoms with E-state index < -0.39 is 0 Å². The number of aryl methyl sites for hydroxylation is 1. The van der Waals surface area contributed by atoms with E-state index in [1.807, 2.05) is 19.1 Å². The van der Waals surface area contributed by atoms with Crippen molar-refractivity contribution in [1.82, 2.24) is 0 Å². The highest BCUT2D eigenvalue weighted by atomic mass is 16.5. The lowest BCUT2D eigenvalue weighted by molar-refractivity contribution is -0.131. The first-order valence-electron chi connectivity index (χ1n) is 8.54. The molecular formula is C20H28O4. The van der Waals surface area contributed by atoms with Crippen LogP contribution in [0.15, 0.2) is 18.2 Å². The van der Waals surface area contributed by atoms with Gasteiger partial charge in [-0.3, -0.25) is 14.4 Å². The quantitative estimate of drug-likeness (QED) is 0.599. The predicted molar refractivity (Wildman–Crippen MR) is 94.6 cm³/mol. The highest BCUT2D eigenvalue weighted by molar-refractivity contribution is 6.01. The Morgan fingerprint density at radius 1 is 1.29 bits per heavy atom. The van der Waals surface area contributed by atoms with Gasteiger partial charge in [-0.1, -0.05) is 13.8 Å². The van der Waals surface area contributed by atoms with Gasteiger partial charge in [0.2, 0.25) is 0 Å². The molecule has 0 aliphatic carbocycles. The lowest BCUT2D eigenvalue weighted by Crippen LogP contribution is -2.32. The Morgan fingerprint density at radius 3 is 2.42 bits per heavy atom. The van der Waals surface area contributed by atoms with E-state index in [9.17, 15) is 14.4 Å². The molecule has 1 aromatic carbocycles.